The number of nitrogens with zero attached hydrogens (tertiary/aromatic N) is 1. The average Bonchev–Trinajstić information content (AvgIpc) is 3.10. The van der Waals surface area contributed by atoms with Crippen LogP contribution in [0.15, 0.2) is 35.1 Å². The number of carbonyl (C=O) groups excluding carboxylic acids is 2. The lowest BCUT2D eigenvalue weighted by molar-refractivity contribution is -0.128. The molecule has 0 spiro atoms. The standard InChI is InChI=1S/C21H22N4O3S/c26-17(24-25-18(27)12-13-6-2-1-3-7-13)11-10-16-22-20(28)19-14-8-4-5-9-15(14)29-21(19)23-16/h1-3,6-7H,4-5,8-12H2,(H,24,26)(H,25,27)(H,22,23,28). The van der Waals surface area contributed by atoms with Crippen LogP contribution in [0.3, 0.4) is 0 Å². The van der Waals surface area contributed by atoms with Crippen LogP contribution < -0.4 is 16.4 Å². The molecule has 0 saturated heterocycles. The maximum absolute atomic E-state index is 12.5. The van der Waals surface area contributed by atoms with Crippen LogP contribution in [0.5, 0.6) is 0 Å². The van der Waals surface area contributed by atoms with Crippen LogP contribution in [0.1, 0.15) is 41.1 Å². The summed E-state index contributed by atoms with van der Waals surface area (Å²) in [4.78, 5) is 45.8. The number of aromatic amines is 1. The van der Waals surface area contributed by atoms with Gasteiger partial charge in [0.15, 0.2) is 0 Å². The van der Waals surface area contributed by atoms with E-state index in [1.165, 1.54) is 4.88 Å². The van der Waals surface area contributed by atoms with Gasteiger partial charge in [0.25, 0.3) is 5.56 Å². The molecule has 1 aliphatic carbocycles. The zero-order valence-electron chi connectivity index (χ0n) is 15.9. The van der Waals surface area contributed by atoms with Gasteiger partial charge in [0.2, 0.25) is 11.8 Å². The van der Waals surface area contributed by atoms with Gasteiger partial charge in [-0.05, 0) is 36.8 Å². The number of hydrogen-bond donors (Lipinski definition) is 3. The van der Waals surface area contributed by atoms with Crippen molar-refractivity contribution in [2.24, 2.45) is 0 Å². The lowest BCUT2D eigenvalue weighted by Crippen LogP contribution is -2.42. The van der Waals surface area contributed by atoms with Crippen LogP contribution in [0, 0.1) is 0 Å². The van der Waals surface area contributed by atoms with E-state index in [-0.39, 0.29) is 30.2 Å². The van der Waals surface area contributed by atoms with Crippen LogP contribution in [-0.4, -0.2) is 21.8 Å². The van der Waals surface area contributed by atoms with Crippen LogP contribution in [0.25, 0.3) is 10.2 Å². The van der Waals surface area contributed by atoms with E-state index in [9.17, 15) is 14.4 Å². The van der Waals surface area contributed by atoms with Gasteiger partial charge in [0, 0.05) is 17.7 Å². The third-order valence-electron chi connectivity index (χ3n) is 5.01. The summed E-state index contributed by atoms with van der Waals surface area (Å²) < 4.78 is 0. The first-order valence-corrected chi connectivity index (χ1v) is 10.6. The Hall–Kier alpha value is -3.00. The third kappa shape index (κ3) is 4.54. The van der Waals surface area contributed by atoms with E-state index in [4.69, 9.17) is 0 Å². The highest BCUT2D eigenvalue weighted by molar-refractivity contribution is 7.18. The summed E-state index contributed by atoms with van der Waals surface area (Å²) in [6, 6.07) is 9.29. The van der Waals surface area contributed by atoms with Gasteiger partial charge < -0.3 is 4.98 Å². The molecule has 2 amide bonds. The first-order valence-electron chi connectivity index (χ1n) is 9.75. The number of H-pyrrole nitrogens is 1. The van der Waals surface area contributed by atoms with Gasteiger partial charge in [-0.15, -0.1) is 11.3 Å². The van der Waals surface area contributed by atoms with Gasteiger partial charge in [-0.1, -0.05) is 30.3 Å². The molecule has 3 aromatic rings. The SMILES string of the molecule is O=C(CCc1nc2sc3c(c2c(=O)[nH]1)CCCC3)NNC(=O)Cc1ccccc1. The number of aromatic nitrogens is 2. The lowest BCUT2D eigenvalue weighted by Gasteiger charge is -2.09. The quantitative estimate of drug-likeness (QED) is 0.561. The minimum absolute atomic E-state index is 0.116. The number of benzene rings is 1. The number of carbonyl (C=O) groups is 2. The van der Waals surface area contributed by atoms with Gasteiger partial charge in [-0.3, -0.25) is 25.2 Å². The molecule has 0 saturated carbocycles. The van der Waals surface area contributed by atoms with Crippen LogP contribution >= 0.6 is 11.3 Å². The molecule has 3 N–H and O–H groups in total. The zero-order chi connectivity index (χ0) is 20.2. The Morgan fingerprint density at radius 1 is 1.07 bits per heavy atom. The van der Waals surface area contributed by atoms with Crippen molar-refractivity contribution < 1.29 is 9.59 Å². The Morgan fingerprint density at radius 2 is 1.83 bits per heavy atom. The van der Waals surface area contributed by atoms with Crippen molar-refractivity contribution in [1.82, 2.24) is 20.8 Å². The molecular formula is C21H22N4O3S. The van der Waals surface area contributed by atoms with Crippen molar-refractivity contribution in [3.63, 3.8) is 0 Å². The number of thiophene rings is 1. The first kappa shape index (κ1) is 19.3. The number of hydrazine groups is 1. The van der Waals surface area contributed by atoms with Gasteiger partial charge in [-0.2, -0.15) is 0 Å². The van der Waals surface area contributed by atoms with Crippen LogP contribution in [-0.2, 0) is 35.3 Å². The van der Waals surface area contributed by atoms with Crippen molar-refractivity contribution in [3.8, 4) is 0 Å². The third-order valence-corrected chi connectivity index (χ3v) is 6.20. The van der Waals surface area contributed by atoms with E-state index in [2.05, 4.69) is 20.8 Å². The molecule has 0 unspecified atom stereocenters. The van der Waals surface area contributed by atoms with Gasteiger partial charge in [-0.25, -0.2) is 4.98 Å². The molecule has 8 heteroatoms. The predicted molar refractivity (Wildman–Crippen MR) is 112 cm³/mol. The highest BCUT2D eigenvalue weighted by Gasteiger charge is 2.19. The summed E-state index contributed by atoms with van der Waals surface area (Å²) >= 11 is 1.59. The molecule has 0 aliphatic heterocycles. The molecule has 2 aromatic heterocycles. The molecule has 0 atom stereocenters. The second-order valence-electron chi connectivity index (χ2n) is 7.16. The van der Waals surface area contributed by atoms with E-state index >= 15 is 0 Å². The molecule has 7 nitrogen and oxygen atoms in total. The highest BCUT2D eigenvalue weighted by atomic mass is 32.1. The minimum Gasteiger partial charge on any atom is -0.310 e. The minimum atomic E-state index is -0.334. The molecule has 2 heterocycles. The predicted octanol–water partition coefficient (Wildman–Crippen LogP) is 2.19. The Balaban J connectivity index is 1.33. The van der Waals surface area contributed by atoms with Crippen molar-refractivity contribution in [2.75, 3.05) is 0 Å². The molecule has 0 fully saturated rings. The summed E-state index contributed by atoms with van der Waals surface area (Å²) in [6.07, 6.45) is 4.81. The second-order valence-corrected chi connectivity index (χ2v) is 8.25. The maximum atomic E-state index is 12.5. The summed E-state index contributed by atoms with van der Waals surface area (Å²) in [5.74, 6) is -0.131. The fourth-order valence-corrected chi connectivity index (χ4v) is 4.87. The summed E-state index contributed by atoms with van der Waals surface area (Å²) in [5.41, 5.74) is 6.71. The van der Waals surface area contributed by atoms with Crippen molar-refractivity contribution in [1.29, 1.82) is 0 Å². The summed E-state index contributed by atoms with van der Waals surface area (Å²) in [7, 11) is 0. The van der Waals surface area contributed by atoms with E-state index < -0.39 is 0 Å². The summed E-state index contributed by atoms with van der Waals surface area (Å²) in [5, 5.41) is 0.714. The highest BCUT2D eigenvalue weighted by Crippen LogP contribution is 2.33. The van der Waals surface area contributed by atoms with Crippen LogP contribution in [0.2, 0.25) is 0 Å². The Morgan fingerprint density at radius 3 is 2.66 bits per heavy atom. The molecule has 1 aromatic carbocycles. The Labute approximate surface area is 171 Å². The van der Waals surface area contributed by atoms with E-state index in [1.807, 2.05) is 30.3 Å². The number of aryl methyl sites for hydroxylation is 3. The van der Waals surface area contributed by atoms with Crippen LogP contribution in [0.4, 0.5) is 0 Å². The fourth-order valence-electron chi connectivity index (χ4n) is 3.59. The van der Waals surface area contributed by atoms with Crippen molar-refractivity contribution in [3.05, 3.63) is 62.5 Å². The number of nitrogens with one attached hydrogen (secondary N) is 3. The average molecular weight is 410 g/mol. The Kier molecular flexibility index (Phi) is 5.71. The molecule has 1 aliphatic rings. The van der Waals surface area contributed by atoms with Gasteiger partial charge in [0.05, 0.1) is 11.8 Å². The monoisotopic (exact) mass is 410 g/mol. The number of amides is 2. The number of rotatable bonds is 5. The molecular weight excluding hydrogens is 388 g/mol. The largest absolute Gasteiger partial charge is 0.310 e. The second kappa shape index (κ2) is 8.57. The van der Waals surface area contributed by atoms with E-state index in [0.29, 0.717) is 17.6 Å². The molecule has 0 radical (unpaired) electrons. The number of hydrogen-bond acceptors (Lipinski definition) is 5. The zero-order valence-corrected chi connectivity index (χ0v) is 16.7. The lowest BCUT2D eigenvalue weighted by atomic mass is 9.97. The molecule has 150 valence electrons. The van der Waals surface area contributed by atoms with E-state index in [0.717, 1.165) is 41.6 Å². The smallest absolute Gasteiger partial charge is 0.259 e. The van der Waals surface area contributed by atoms with Crippen molar-refractivity contribution in [2.45, 2.75) is 44.9 Å². The van der Waals surface area contributed by atoms with Crippen molar-refractivity contribution >= 4 is 33.4 Å². The number of fused-ring (bicyclic) bond motifs is 3. The molecule has 29 heavy (non-hydrogen) atoms. The molecule has 4 rings (SSSR count). The topological polar surface area (TPSA) is 104 Å². The van der Waals surface area contributed by atoms with Gasteiger partial charge >= 0.3 is 0 Å². The molecule has 0 bridgehead atoms. The van der Waals surface area contributed by atoms with E-state index in [1.54, 1.807) is 11.3 Å². The maximum Gasteiger partial charge on any atom is 0.259 e. The van der Waals surface area contributed by atoms with Gasteiger partial charge in [0.1, 0.15) is 10.7 Å². The first-order chi connectivity index (χ1) is 14.1. The normalized spacial score (nSPS) is 13.1. The summed E-state index contributed by atoms with van der Waals surface area (Å²) in [6.45, 7) is 0. The Bertz CT molecular complexity index is 1100. The fraction of sp³-hybridized carbons (Fsp3) is 0.333.